The molecule has 0 atom stereocenters. The molecule has 2 aromatic carbocycles. The first kappa shape index (κ1) is 18.5. The molecule has 1 aromatic heterocycles. The van der Waals surface area contributed by atoms with Crippen molar-refractivity contribution < 1.29 is 14.3 Å². The molecule has 0 bridgehead atoms. The van der Waals surface area contributed by atoms with Crippen molar-refractivity contribution in [3.63, 3.8) is 0 Å². The van der Waals surface area contributed by atoms with Gasteiger partial charge in [-0.2, -0.15) is 0 Å². The second kappa shape index (κ2) is 9.38. The van der Waals surface area contributed by atoms with Crippen LogP contribution in [0.5, 0.6) is 17.4 Å². The fourth-order valence-corrected chi connectivity index (χ4v) is 2.55. The van der Waals surface area contributed by atoms with Gasteiger partial charge in [0.2, 0.25) is 5.88 Å². The van der Waals surface area contributed by atoms with Crippen molar-refractivity contribution in [3.05, 3.63) is 84.6 Å². The third-order valence-electron chi connectivity index (χ3n) is 4.00. The lowest BCUT2D eigenvalue weighted by Crippen LogP contribution is -2.34. The molecule has 0 aliphatic rings. The van der Waals surface area contributed by atoms with Crippen LogP contribution in [-0.4, -0.2) is 28.9 Å². The maximum atomic E-state index is 12.4. The number of carbonyl (C=O) groups excluding carboxylic acids is 1. The van der Waals surface area contributed by atoms with Gasteiger partial charge in [-0.3, -0.25) is 4.79 Å². The quantitative estimate of drug-likeness (QED) is 0.599. The number of ether oxygens (including phenoxy) is 2. The maximum Gasteiger partial charge on any atom is 0.260 e. The maximum absolute atomic E-state index is 12.4. The van der Waals surface area contributed by atoms with Gasteiger partial charge in [-0.05, 0) is 42.8 Å². The lowest BCUT2D eigenvalue weighted by atomic mass is 10.2. The van der Waals surface area contributed by atoms with Crippen molar-refractivity contribution in [1.82, 2.24) is 9.88 Å². The highest BCUT2D eigenvalue weighted by atomic mass is 16.5. The number of aromatic nitrogens is 1. The zero-order valence-electron chi connectivity index (χ0n) is 15.2. The Morgan fingerprint density at radius 3 is 2.30 bits per heavy atom. The van der Waals surface area contributed by atoms with Gasteiger partial charge in [-0.15, -0.1) is 0 Å². The molecule has 0 aliphatic heterocycles. The predicted octanol–water partition coefficient (Wildman–Crippen LogP) is 4.30. The Morgan fingerprint density at radius 1 is 0.926 bits per heavy atom. The average Bonchev–Trinajstić information content (AvgIpc) is 2.73. The van der Waals surface area contributed by atoms with Gasteiger partial charge in [-0.1, -0.05) is 36.4 Å². The molecule has 0 N–H and O–H groups in total. The zero-order valence-corrected chi connectivity index (χ0v) is 15.2. The highest BCUT2D eigenvalue weighted by Crippen LogP contribution is 2.22. The number of nitrogens with zero attached hydrogens (tertiary/aromatic N) is 2. The standard InChI is InChI=1S/C22H22N2O3/c1-2-24(16-18-8-4-3-5-9-18)22(25)17-26-19-11-13-20(14-12-19)27-21-10-6-7-15-23-21/h3-15H,2,16-17H2,1H3. The van der Waals surface area contributed by atoms with Gasteiger partial charge >= 0.3 is 0 Å². The van der Waals surface area contributed by atoms with E-state index in [1.807, 2.05) is 49.4 Å². The Hall–Kier alpha value is -3.34. The fraction of sp³-hybridized carbons (Fsp3) is 0.182. The van der Waals surface area contributed by atoms with E-state index < -0.39 is 0 Å². The van der Waals surface area contributed by atoms with Crippen LogP contribution in [0.4, 0.5) is 0 Å². The lowest BCUT2D eigenvalue weighted by Gasteiger charge is -2.21. The van der Waals surface area contributed by atoms with Crippen molar-refractivity contribution in [2.75, 3.05) is 13.2 Å². The zero-order chi connectivity index (χ0) is 18.9. The summed E-state index contributed by atoms with van der Waals surface area (Å²) < 4.78 is 11.3. The summed E-state index contributed by atoms with van der Waals surface area (Å²) in [7, 11) is 0. The highest BCUT2D eigenvalue weighted by molar-refractivity contribution is 5.77. The summed E-state index contributed by atoms with van der Waals surface area (Å²) in [5, 5.41) is 0. The van der Waals surface area contributed by atoms with Crippen molar-refractivity contribution in [2.24, 2.45) is 0 Å². The summed E-state index contributed by atoms with van der Waals surface area (Å²) in [5.41, 5.74) is 1.10. The first-order valence-corrected chi connectivity index (χ1v) is 8.88. The van der Waals surface area contributed by atoms with Crippen molar-refractivity contribution in [2.45, 2.75) is 13.5 Å². The van der Waals surface area contributed by atoms with Crippen molar-refractivity contribution in [1.29, 1.82) is 0 Å². The Balaban J connectivity index is 1.52. The first-order valence-electron chi connectivity index (χ1n) is 8.88. The molecule has 0 unspecified atom stereocenters. The molecule has 27 heavy (non-hydrogen) atoms. The van der Waals surface area contributed by atoms with E-state index >= 15 is 0 Å². The summed E-state index contributed by atoms with van der Waals surface area (Å²) in [4.78, 5) is 18.3. The Bertz CT molecular complexity index is 836. The largest absolute Gasteiger partial charge is 0.484 e. The van der Waals surface area contributed by atoms with E-state index in [1.54, 1.807) is 41.4 Å². The summed E-state index contributed by atoms with van der Waals surface area (Å²) in [6, 6.07) is 22.5. The molecule has 5 heteroatoms. The monoisotopic (exact) mass is 362 g/mol. The predicted molar refractivity (Wildman–Crippen MR) is 104 cm³/mol. The van der Waals surface area contributed by atoms with Gasteiger partial charge in [0, 0.05) is 25.4 Å². The van der Waals surface area contributed by atoms with E-state index in [-0.39, 0.29) is 12.5 Å². The molecule has 0 spiro atoms. The second-order valence-corrected chi connectivity index (χ2v) is 5.92. The lowest BCUT2D eigenvalue weighted by molar-refractivity contribution is -0.133. The van der Waals surface area contributed by atoms with Gasteiger partial charge < -0.3 is 14.4 Å². The molecule has 0 aliphatic carbocycles. The molecule has 0 fully saturated rings. The molecule has 0 saturated heterocycles. The summed E-state index contributed by atoms with van der Waals surface area (Å²) in [6.07, 6.45) is 1.67. The summed E-state index contributed by atoms with van der Waals surface area (Å²) in [6.45, 7) is 3.18. The molecule has 138 valence electrons. The minimum Gasteiger partial charge on any atom is -0.484 e. The third kappa shape index (κ3) is 5.57. The van der Waals surface area contributed by atoms with Crippen LogP contribution in [0.1, 0.15) is 12.5 Å². The van der Waals surface area contributed by atoms with Crippen LogP contribution in [0.3, 0.4) is 0 Å². The SMILES string of the molecule is CCN(Cc1ccccc1)C(=O)COc1ccc(Oc2ccccn2)cc1. The van der Waals surface area contributed by atoms with E-state index in [0.29, 0.717) is 30.5 Å². The molecule has 5 nitrogen and oxygen atoms in total. The molecule has 3 rings (SSSR count). The molecule has 3 aromatic rings. The molecular weight excluding hydrogens is 340 g/mol. The average molecular weight is 362 g/mol. The molecule has 1 amide bonds. The number of hydrogen-bond acceptors (Lipinski definition) is 4. The number of pyridine rings is 1. The minimum absolute atomic E-state index is 0.00111. The van der Waals surface area contributed by atoms with Gasteiger partial charge in [0.1, 0.15) is 11.5 Å². The van der Waals surface area contributed by atoms with Crippen LogP contribution in [0.15, 0.2) is 79.0 Å². The summed E-state index contributed by atoms with van der Waals surface area (Å²) in [5.74, 6) is 1.76. The van der Waals surface area contributed by atoms with Gasteiger partial charge in [0.15, 0.2) is 6.61 Å². The van der Waals surface area contributed by atoms with Gasteiger partial charge in [0.25, 0.3) is 5.91 Å². The number of benzene rings is 2. The van der Waals surface area contributed by atoms with E-state index in [2.05, 4.69) is 4.98 Å². The topological polar surface area (TPSA) is 51.7 Å². The highest BCUT2D eigenvalue weighted by Gasteiger charge is 2.13. The fourth-order valence-electron chi connectivity index (χ4n) is 2.55. The van der Waals surface area contributed by atoms with Crippen LogP contribution < -0.4 is 9.47 Å². The van der Waals surface area contributed by atoms with Crippen LogP contribution in [-0.2, 0) is 11.3 Å². The van der Waals surface area contributed by atoms with E-state index in [4.69, 9.17) is 9.47 Å². The Labute approximate surface area is 159 Å². The molecular formula is C22H22N2O3. The number of amides is 1. The van der Waals surface area contributed by atoms with E-state index in [9.17, 15) is 4.79 Å². The Morgan fingerprint density at radius 2 is 1.63 bits per heavy atom. The molecule has 0 radical (unpaired) electrons. The molecule has 0 saturated carbocycles. The van der Waals surface area contributed by atoms with Crippen LogP contribution in [0, 0.1) is 0 Å². The van der Waals surface area contributed by atoms with Crippen molar-refractivity contribution in [3.8, 4) is 17.4 Å². The minimum atomic E-state index is -0.0461. The number of carbonyl (C=O) groups is 1. The first-order chi connectivity index (χ1) is 13.2. The smallest absolute Gasteiger partial charge is 0.260 e. The van der Waals surface area contributed by atoms with Crippen LogP contribution in [0.2, 0.25) is 0 Å². The number of hydrogen-bond donors (Lipinski definition) is 0. The Kier molecular flexibility index (Phi) is 6.41. The van der Waals surface area contributed by atoms with Crippen LogP contribution in [0.25, 0.3) is 0 Å². The third-order valence-corrected chi connectivity index (χ3v) is 4.00. The van der Waals surface area contributed by atoms with E-state index in [1.165, 1.54) is 0 Å². The van der Waals surface area contributed by atoms with Gasteiger partial charge in [0.05, 0.1) is 0 Å². The molecule has 1 heterocycles. The number of rotatable bonds is 8. The second-order valence-electron chi connectivity index (χ2n) is 5.92. The summed E-state index contributed by atoms with van der Waals surface area (Å²) >= 11 is 0. The van der Waals surface area contributed by atoms with Crippen molar-refractivity contribution >= 4 is 5.91 Å². The van der Waals surface area contributed by atoms with E-state index in [0.717, 1.165) is 5.56 Å². The number of likely N-dealkylation sites (N-methyl/N-ethyl adjacent to an activating group) is 1. The normalized spacial score (nSPS) is 10.3. The van der Waals surface area contributed by atoms with Crippen LogP contribution >= 0.6 is 0 Å². The van der Waals surface area contributed by atoms with Gasteiger partial charge in [-0.25, -0.2) is 4.98 Å².